The minimum Gasteiger partial charge on any atom is -0.478 e. The van der Waals surface area contributed by atoms with Gasteiger partial charge in [0.15, 0.2) is 0 Å². The number of aromatic nitrogens is 2. The molecule has 0 aliphatic heterocycles. The Morgan fingerprint density at radius 3 is 2.70 bits per heavy atom. The third-order valence-corrected chi connectivity index (χ3v) is 3.29. The molecule has 5 heteroatoms. The van der Waals surface area contributed by atoms with Crippen molar-refractivity contribution in [3.05, 3.63) is 64.1 Å². The molecule has 100 valence electrons. The molecular formula is C15H12N2O3. The molecule has 3 aromatic rings. The summed E-state index contributed by atoms with van der Waals surface area (Å²) in [5, 5.41) is 9.09. The Hall–Kier alpha value is -2.82. The number of hydrogen-bond donors (Lipinski definition) is 2. The van der Waals surface area contributed by atoms with E-state index in [1.165, 1.54) is 16.7 Å². The van der Waals surface area contributed by atoms with Crippen LogP contribution in [0.25, 0.3) is 16.7 Å². The Morgan fingerprint density at radius 2 is 1.95 bits per heavy atom. The second kappa shape index (κ2) is 4.38. The number of benzene rings is 2. The van der Waals surface area contributed by atoms with Crippen LogP contribution in [0.3, 0.4) is 0 Å². The molecule has 0 unspecified atom stereocenters. The SMILES string of the molecule is Cc1ccc(C(=O)O)cc1-n1c(=O)[nH]c2ccccc21. The van der Waals surface area contributed by atoms with Crippen LogP contribution in [0.1, 0.15) is 15.9 Å². The number of carbonyl (C=O) groups is 1. The van der Waals surface area contributed by atoms with Crippen LogP contribution >= 0.6 is 0 Å². The number of H-pyrrole nitrogens is 1. The first-order chi connectivity index (χ1) is 9.58. The van der Waals surface area contributed by atoms with Crippen molar-refractivity contribution in [3.8, 4) is 5.69 Å². The third kappa shape index (κ3) is 1.80. The van der Waals surface area contributed by atoms with E-state index in [4.69, 9.17) is 5.11 Å². The molecule has 20 heavy (non-hydrogen) atoms. The average molecular weight is 268 g/mol. The molecule has 0 fully saturated rings. The molecule has 2 N–H and O–H groups in total. The van der Waals surface area contributed by atoms with Crippen LogP contribution in [0.4, 0.5) is 0 Å². The first kappa shape index (κ1) is 12.2. The van der Waals surface area contributed by atoms with Gasteiger partial charge in [-0.15, -0.1) is 0 Å². The largest absolute Gasteiger partial charge is 0.478 e. The van der Waals surface area contributed by atoms with E-state index in [1.54, 1.807) is 6.07 Å². The summed E-state index contributed by atoms with van der Waals surface area (Å²) < 4.78 is 1.50. The Bertz CT molecular complexity index is 874. The van der Waals surface area contributed by atoms with E-state index in [0.717, 1.165) is 16.6 Å². The predicted molar refractivity (Wildman–Crippen MR) is 75.6 cm³/mol. The number of fused-ring (bicyclic) bond motifs is 1. The lowest BCUT2D eigenvalue weighted by atomic mass is 10.1. The Morgan fingerprint density at radius 1 is 1.20 bits per heavy atom. The van der Waals surface area contributed by atoms with Crippen LogP contribution in [0.2, 0.25) is 0 Å². The van der Waals surface area contributed by atoms with Crippen LogP contribution in [0.15, 0.2) is 47.3 Å². The molecule has 1 heterocycles. The summed E-state index contributed by atoms with van der Waals surface area (Å²) in [5.74, 6) is -1.01. The normalized spacial score (nSPS) is 10.8. The third-order valence-electron chi connectivity index (χ3n) is 3.29. The molecule has 0 saturated heterocycles. The molecule has 0 atom stereocenters. The number of rotatable bonds is 2. The first-order valence-electron chi connectivity index (χ1n) is 6.12. The van der Waals surface area contributed by atoms with Crippen LogP contribution < -0.4 is 5.69 Å². The molecule has 2 aromatic carbocycles. The molecule has 0 aliphatic carbocycles. The number of nitrogens with one attached hydrogen (secondary N) is 1. The monoisotopic (exact) mass is 268 g/mol. The Labute approximate surface area is 114 Å². The zero-order valence-corrected chi connectivity index (χ0v) is 10.8. The van der Waals surface area contributed by atoms with Crippen molar-refractivity contribution in [2.24, 2.45) is 0 Å². The van der Waals surface area contributed by atoms with Crippen molar-refractivity contribution in [1.82, 2.24) is 9.55 Å². The standard InChI is InChI=1S/C15H12N2O3/c1-9-6-7-10(14(18)19)8-13(9)17-12-5-3-2-4-11(12)16-15(17)20/h2-8H,1H3,(H,16,20)(H,18,19). The topological polar surface area (TPSA) is 75.1 Å². The highest BCUT2D eigenvalue weighted by Gasteiger charge is 2.12. The average Bonchev–Trinajstić information content (AvgIpc) is 2.75. The molecule has 5 nitrogen and oxygen atoms in total. The van der Waals surface area contributed by atoms with E-state index < -0.39 is 5.97 Å². The predicted octanol–water partition coefficient (Wildman–Crippen LogP) is 2.33. The Kier molecular flexibility index (Phi) is 2.68. The van der Waals surface area contributed by atoms with Gasteiger partial charge in [-0.25, -0.2) is 9.59 Å². The molecule has 0 aliphatic rings. The number of para-hydroxylation sites is 2. The molecule has 0 spiro atoms. The fourth-order valence-corrected chi connectivity index (χ4v) is 2.28. The Balaban J connectivity index is 2.36. The molecular weight excluding hydrogens is 256 g/mol. The summed E-state index contributed by atoms with van der Waals surface area (Å²) in [5.41, 5.74) is 2.73. The van der Waals surface area contributed by atoms with Gasteiger partial charge < -0.3 is 10.1 Å². The zero-order valence-electron chi connectivity index (χ0n) is 10.8. The van der Waals surface area contributed by atoms with E-state index >= 15 is 0 Å². The number of nitrogens with zero attached hydrogens (tertiary/aromatic N) is 1. The van der Waals surface area contributed by atoms with Gasteiger partial charge in [0.25, 0.3) is 0 Å². The van der Waals surface area contributed by atoms with Crippen LogP contribution in [-0.2, 0) is 0 Å². The number of carboxylic acid groups (broad SMARTS) is 1. The number of hydrogen-bond acceptors (Lipinski definition) is 2. The smallest absolute Gasteiger partial charge is 0.335 e. The second-order valence-electron chi connectivity index (χ2n) is 4.59. The highest BCUT2D eigenvalue weighted by Crippen LogP contribution is 2.19. The van der Waals surface area contributed by atoms with Crippen molar-refractivity contribution < 1.29 is 9.90 Å². The summed E-state index contributed by atoms with van der Waals surface area (Å²) in [6, 6.07) is 12.0. The number of aryl methyl sites for hydroxylation is 1. The van der Waals surface area contributed by atoms with E-state index in [1.807, 2.05) is 31.2 Å². The van der Waals surface area contributed by atoms with Crippen LogP contribution in [-0.4, -0.2) is 20.6 Å². The minimum absolute atomic E-state index is 0.155. The number of carboxylic acids is 1. The zero-order chi connectivity index (χ0) is 14.3. The lowest BCUT2D eigenvalue weighted by molar-refractivity contribution is 0.0697. The van der Waals surface area contributed by atoms with Gasteiger partial charge in [0, 0.05) is 0 Å². The number of aromatic carboxylic acids is 1. The van der Waals surface area contributed by atoms with Crippen molar-refractivity contribution in [3.63, 3.8) is 0 Å². The lowest BCUT2D eigenvalue weighted by Gasteiger charge is -2.08. The van der Waals surface area contributed by atoms with Gasteiger partial charge in [-0.05, 0) is 36.8 Å². The van der Waals surface area contributed by atoms with E-state index in [-0.39, 0.29) is 11.3 Å². The highest BCUT2D eigenvalue weighted by molar-refractivity contribution is 5.89. The van der Waals surface area contributed by atoms with E-state index in [0.29, 0.717) is 5.69 Å². The summed E-state index contributed by atoms with van der Waals surface area (Å²) in [6.45, 7) is 1.84. The summed E-state index contributed by atoms with van der Waals surface area (Å²) >= 11 is 0. The van der Waals surface area contributed by atoms with Gasteiger partial charge in [0.2, 0.25) is 0 Å². The maximum Gasteiger partial charge on any atom is 0.335 e. The van der Waals surface area contributed by atoms with Crippen LogP contribution in [0.5, 0.6) is 0 Å². The van der Waals surface area contributed by atoms with Crippen molar-refractivity contribution in [2.75, 3.05) is 0 Å². The van der Waals surface area contributed by atoms with Crippen molar-refractivity contribution >= 4 is 17.0 Å². The van der Waals surface area contributed by atoms with Crippen molar-refractivity contribution in [2.45, 2.75) is 6.92 Å². The molecule has 3 rings (SSSR count). The van der Waals surface area contributed by atoms with Crippen molar-refractivity contribution in [1.29, 1.82) is 0 Å². The van der Waals surface area contributed by atoms with Gasteiger partial charge in [0.05, 0.1) is 22.3 Å². The highest BCUT2D eigenvalue weighted by atomic mass is 16.4. The molecule has 1 aromatic heterocycles. The van der Waals surface area contributed by atoms with E-state index in [9.17, 15) is 9.59 Å². The second-order valence-corrected chi connectivity index (χ2v) is 4.59. The fraction of sp³-hybridized carbons (Fsp3) is 0.0667. The first-order valence-corrected chi connectivity index (χ1v) is 6.12. The molecule has 0 amide bonds. The number of aromatic amines is 1. The molecule has 0 radical (unpaired) electrons. The minimum atomic E-state index is -1.01. The van der Waals surface area contributed by atoms with Gasteiger partial charge in [-0.3, -0.25) is 4.57 Å². The van der Waals surface area contributed by atoms with Gasteiger partial charge in [-0.1, -0.05) is 18.2 Å². The lowest BCUT2D eigenvalue weighted by Crippen LogP contribution is -2.16. The van der Waals surface area contributed by atoms with E-state index in [2.05, 4.69) is 4.98 Å². The van der Waals surface area contributed by atoms with Gasteiger partial charge in [-0.2, -0.15) is 0 Å². The quantitative estimate of drug-likeness (QED) is 0.749. The van der Waals surface area contributed by atoms with Gasteiger partial charge >= 0.3 is 11.7 Å². The van der Waals surface area contributed by atoms with Gasteiger partial charge in [0.1, 0.15) is 0 Å². The molecule has 0 saturated carbocycles. The molecule has 0 bridgehead atoms. The maximum atomic E-state index is 12.1. The number of imidazole rings is 1. The fourth-order valence-electron chi connectivity index (χ4n) is 2.28. The summed E-state index contributed by atoms with van der Waals surface area (Å²) in [7, 11) is 0. The maximum absolute atomic E-state index is 12.1. The summed E-state index contributed by atoms with van der Waals surface area (Å²) in [4.78, 5) is 26.0. The summed E-state index contributed by atoms with van der Waals surface area (Å²) in [6.07, 6.45) is 0. The van der Waals surface area contributed by atoms with Crippen LogP contribution in [0, 0.1) is 6.92 Å².